The van der Waals surface area contributed by atoms with Crippen molar-refractivity contribution in [2.75, 3.05) is 13.1 Å². The third-order valence-corrected chi connectivity index (χ3v) is 4.85. The molecule has 1 N–H and O–H groups in total. The van der Waals surface area contributed by atoms with Crippen molar-refractivity contribution in [1.82, 2.24) is 10.2 Å². The van der Waals surface area contributed by atoms with E-state index in [4.69, 9.17) is 11.6 Å². The molecule has 0 aliphatic carbocycles. The molecule has 142 valence electrons. The molecule has 2 amide bonds. The summed E-state index contributed by atoms with van der Waals surface area (Å²) in [6, 6.07) is 8.08. The lowest BCUT2D eigenvalue weighted by atomic mass is 10.2. The summed E-state index contributed by atoms with van der Waals surface area (Å²) in [5, 5.41) is 15.6. The zero-order valence-electron chi connectivity index (χ0n) is 14.6. The van der Waals surface area contributed by atoms with E-state index in [9.17, 15) is 19.7 Å². The minimum Gasteiger partial charge on any atom is -0.350 e. The maximum atomic E-state index is 12.3. The van der Waals surface area contributed by atoms with Crippen molar-refractivity contribution >= 4 is 46.5 Å². The molecular weight excluding hydrogens is 390 g/mol. The Bertz CT molecular complexity index is 852. The highest BCUT2D eigenvalue weighted by Gasteiger charge is 2.14. The summed E-state index contributed by atoms with van der Waals surface area (Å²) in [5.74, 6) is -0.615. The zero-order chi connectivity index (χ0) is 19.8. The molecule has 27 heavy (non-hydrogen) atoms. The first-order chi connectivity index (χ1) is 12.9. The van der Waals surface area contributed by atoms with Crippen molar-refractivity contribution in [1.29, 1.82) is 0 Å². The number of thiophene rings is 1. The molecule has 0 fully saturated rings. The Labute approximate surface area is 165 Å². The van der Waals surface area contributed by atoms with Gasteiger partial charge in [0.1, 0.15) is 5.02 Å². The highest BCUT2D eigenvalue weighted by Crippen LogP contribution is 2.25. The van der Waals surface area contributed by atoms with Crippen LogP contribution in [0, 0.1) is 10.1 Å². The van der Waals surface area contributed by atoms with Gasteiger partial charge in [0.2, 0.25) is 11.8 Å². The second-order valence-corrected chi connectivity index (χ2v) is 6.95. The quantitative estimate of drug-likeness (QED) is 0.412. The van der Waals surface area contributed by atoms with Gasteiger partial charge in [-0.05, 0) is 36.1 Å². The first-order valence-corrected chi connectivity index (χ1v) is 9.36. The van der Waals surface area contributed by atoms with Gasteiger partial charge in [0.25, 0.3) is 5.69 Å². The third kappa shape index (κ3) is 6.19. The number of hydrogen-bond donors (Lipinski definition) is 1. The van der Waals surface area contributed by atoms with Gasteiger partial charge in [-0.3, -0.25) is 19.7 Å². The van der Waals surface area contributed by atoms with Crippen molar-refractivity contribution in [2.45, 2.75) is 13.5 Å². The van der Waals surface area contributed by atoms with Crippen LogP contribution in [0.1, 0.15) is 17.4 Å². The van der Waals surface area contributed by atoms with Gasteiger partial charge in [-0.15, -0.1) is 11.3 Å². The van der Waals surface area contributed by atoms with E-state index < -0.39 is 4.92 Å². The van der Waals surface area contributed by atoms with Gasteiger partial charge >= 0.3 is 0 Å². The average molecular weight is 408 g/mol. The van der Waals surface area contributed by atoms with Crippen molar-refractivity contribution < 1.29 is 14.5 Å². The molecule has 0 saturated heterocycles. The van der Waals surface area contributed by atoms with Gasteiger partial charge < -0.3 is 10.2 Å². The van der Waals surface area contributed by atoms with Crippen LogP contribution in [0.4, 0.5) is 5.69 Å². The molecule has 9 heteroatoms. The SMILES string of the molecule is CCN(CC(=O)NCc1cccs1)C(=O)/C=C/c1ccc(Cl)c([N+](=O)[O-])c1. The summed E-state index contributed by atoms with van der Waals surface area (Å²) < 4.78 is 0. The Morgan fingerprint density at radius 2 is 2.15 bits per heavy atom. The fraction of sp³-hybridized carbons (Fsp3) is 0.222. The number of amides is 2. The lowest BCUT2D eigenvalue weighted by Crippen LogP contribution is -2.39. The Balaban J connectivity index is 1.95. The molecule has 2 aromatic rings. The van der Waals surface area contributed by atoms with Gasteiger partial charge in [0, 0.05) is 23.6 Å². The lowest BCUT2D eigenvalue weighted by Gasteiger charge is -2.18. The number of rotatable bonds is 8. The standard InChI is InChI=1S/C18H18ClN3O4S/c1-2-21(12-17(23)20-11-14-4-3-9-27-14)18(24)8-6-13-5-7-15(19)16(10-13)22(25)26/h3-10H,2,11-12H2,1H3,(H,20,23)/b8-6+. The van der Waals surface area contributed by atoms with Crippen LogP contribution in [0.5, 0.6) is 0 Å². The number of nitrogens with one attached hydrogen (secondary N) is 1. The van der Waals surface area contributed by atoms with Crippen molar-refractivity contribution in [3.05, 3.63) is 67.4 Å². The van der Waals surface area contributed by atoms with Crippen LogP contribution in [0.3, 0.4) is 0 Å². The Morgan fingerprint density at radius 1 is 1.37 bits per heavy atom. The van der Waals surface area contributed by atoms with E-state index in [1.54, 1.807) is 24.3 Å². The highest BCUT2D eigenvalue weighted by atomic mass is 35.5. The van der Waals surface area contributed by atoms with Crippen LogP contribution in [-0.2, 0) is 16.1 Å². The maximum Gasteiger partial charge on any atom is 0.288 e. The molecule has 0 aliphatic heterocycles. The van der Waals surface area contributed by atoms with E-state index in [0.29, 0.717) is 18.7 Å². The van der Waals surface area contributed by atoms with Crippen molar-refractivity contribution in [3.63, 3.8) is 0 Å². The van der Waals surface area contributed by atoms with Gasteiger partial charge in [-0.25, -0.2) is 0 Å². The minimum atomic E-state index is -0.586. The molecule has 0 radical (unpaired) electrons. The Morgan fingerprint density at radius 3 is 2.78 bits per heavy atom. The minimum absolute atomic E-state index is 0.0288. The summed E-state index contributed by atoms with van der Waals surface area (Å²) in [4.78, 5) is 37.1. The molecule has 0 saturated carbocycles. The van der Waals surface area contributed by atoms with Crippen LogP contribution in [-0.4, -0.2) is 34.7 Å². The molecule has 1 aromatic heterocycles. The molecule has 7 nitrogen and oxygen atoms in total. The summed E-state index contributed by atoms with van der Waals surface area (Å²) >= 11 is 7.31. The van der Waals surface area contributed by atoms with E-state index in [1.807, 2.05) is 17.5 Å². The fourth-order valence-electron chi connectivity index (χ4n) is 2.22. The molecule has 2 rings (SSSR count). The number of likely N-dealkylation sites (N-methyl/N-ethyl adjacent to an activating group) is 1. The van der Waals surface area contributed by atoms with Crippen LogP contribution in [0.15, 0.2) is 41.8 Å². The monoisotopic (exact) mass is 407 g/mol. The largest absolute Gasteiger partial charge is 0.350 e. The summed E-state index contributed by atoms with van der Waals surface area (Å²) in [6.45, 7) is 2.49. The van der Waals surface area contributed by atoms with Crippen LogP contribution in [0.2, 0.25) is 5.02 Å². The normalized spacial score (nSPS) is 10.7. The summed E-state index contributed by atoms with van der Waals surface area (Å²) in [6.07, 6.45) is 2.74. The second-order valence-electron chi connectivity index (χ2n) is 5.51. The average Bonchev–Trinajstić information content (AvgIpc) is 3.16. The van der Waals surface area contributed by atoms with E-state index in [-0.39, 0.29) is 29.1 Å². The van der Waals surface area contributed by atoms with Crippen molar-refractivity contribution in [3.8, 4) is 0 Å². The smallest absolute Gasteiger partial charge is 0.288 e. The second kappa shape index (κ2) is 9.84. The van der Waals surface area contributed by atoms with E-state index in [2.05, 4.69) is 5.32 Å². The number of nitro groups is 1. The van der Waals surface area contributed by atoms with Crippen LogP contribution < -0.4 is 5.32 Å². The molecule has 1 heterocycles. The molecule has 0 bridgehead atoms. The molecular formula is C18H18ClN3O4S. The van der Waals surface area contributed by atoms with E-state index in [0.717, 1.165) is 4.88 Å². The molecule has 1 aromatic carbocycles. The number of benzene rings is 1. The van der Waals surface area contributed by atoms with Crippen LogP contribution in [0.25, 0.3) is 6.08 Å². The molecule has 0 aliphatic rings. The summed E-state index contributed by atoms with van der Waals surface area (Å²) in [7, 11) is 0. The van der Waals surface area contributed by atoms with Gasteiger partial charge in [0.15, 0.2) is 0 Å². The van der Waals surface area contributed by atoms with Gasteiger partial charge in [-0.1, -0.05) is 23.7 Å². The van der Waals surface area contributed by atoms with Crippen molar-refractivity contribution in [2.24, 2.45) is 0 Å². The lowest BCUT2D eigenvalue weighted by molar-refractivity contribution is -0.384. The molecule has 0 unspecified atom stereocenters. The van der Waals surface area contributed by atoms with Crippen LogP contribution >= 0.6 is 22.9 Å². The predicted octanol–water partition coefficient (Wildman–Crippen LogP) is 3.49. The zero-order valence-corrected chi connectivity index (χ0v) is 16.1. The number of halogens is 1. The predicted molar refractivity (Wildman–Crippen MR) is 106 cm³/mol. The number of carbonyl (C=O) groups is 2. The fourth-order valence-corrected chi connectivity index (χ4v) is 3.05. The number of hydrogen-bond acceptors (Lipinski definition) is 5. The number of nitro benzene ring substituents is 1. The Hall–Kier alpha value is -2.71. The molecule has 0 atom stereocenters. The third-order valence-electron chi connectivity index (χ3n) is 3.65. The topological polar surface area (TPSA) is 92.6 Å². The Kier molecular flexibility index (Phi) is 7.51. The highest BCUT2D eigenvalue weighted by molar-refractivity contribution is 7.09. The van der Waals surface area contributed by atoms with E-state index in [1.165, 1.54) is 29.2 Å². The first kappa shape index (κ1) is 20.6. The number of nitrogens with zero attached hydrogens (tertiary/aromatic N) is 2. The first-order valence-electron chi connectivity index (χ1n) is 8.10. The molecule has 0 spiro atoms. The van der Waals surface area contributed by atoms with Gasteiger partial charge in [-0.2, -0.15) is 0 Å². The maximum absolute atomic E-state index is 12.3. The summed E-state index contributed by atoms with van der Waals surface area (Å²) in [5.41, 5.74) is 0.240. The van der Waals surface area contributed by atoms with E-state index >= 15 is 0 Å². The number of carbonyl (C=O) groups excluding carboxylic acids is 2. The van der Waals surface area contributed by atoms with Gasteiger partial charge in [0.05, 0.1) is 18.0 Å².